The highest BCUT2D eigenvalue weighted by Crippen LogP contribution is 2.14. The molecule has 20 heavy (non-hydrogen) atoms. The Labute approximate surface area is 121 Å². The van der Waals surface area contributed by atoms with Crippen molar-refractivity contribution in [2.45, 2.75) is 46.1 Å². The van der Waals surface area contributed by atoms with Gasteiger partial charge in [0, 0.05) is 23.1 Å². The van der Waals surface area contributed by atoms with Crippen LogP contribution in [-0.4, -0.2) is 23.2 Å². The van der Waals surface area contributed by atoms with Gasteiger partial charge in [-0.1, -0.05) is 24.8 Å². The molecule has 108 valence electrons. The molecule has 0 saturated carbocycles. The molecule has 0 bridgehead atoms. The van der Waals surface area contributed by atoms with E-state index in [0.29, 0.717) is 12.0 Å². The minimum atomic E-state index is -0.220. The minimum Gasteiger partial charge on any atom is -0.395 e. The Kier molecular flexibility index (Phi) is 5.79. The molecule has 1 aromatic rings. The summed E-state index contributed by atoms with van der Waals surface area (Å²) in [7, 11) is 0. The molecule has 3 nitrogen and oxygen atoms in total. The second kappa shape index (κ2) is 7.12. The highest BCUT2D eigenvalue weighted by atomic mass is 16.2. The van der Waals surface area contributed by atoms with E-state index in [1.165, 1.54) is 0 Å². The van der Waals surface area contributed by atoms with Crippen molar-refractivity contribution in [3.05, 3.63) is 34.9 Å². The van der Waals surface area contributed by atoms with Gasteiger partial charge in [-0.15, -0.1) is 0 Å². The Hall–Kier alpha value is -1.79. The number of benzene rings is 1. The van der Waals surface area contributed by atoms with Gasteiger partial charge < -0.3 is 10.4 Å². The smallest absolute Gasteiger partial charge is 0.252 e. The van der Waals surface area contributed by atoms with Crippen molar-refractivity contribution in [3.63, 3.8) is 0 Å². The molecule has 0 fully saturated rings. The predicted octanol–water partition coefficient (Wildman–Crippen LogP) is 2.65. The summed E-state index contributed by atoms with van der Waals surface area (Å²) in [6.07, 6.45) is 1.31. The van der Waals surface area contributed by atoms with E-state index in [9.17, 15) is 4.79 Å². The van der Waals surface area contributed by atoms with Crippen LogP contribution < -0.4 is 5.32 Å². The van der Waals surface area contributed by atoms with Crippen molar-refractivity contribution >= 4 is 5.91 Å². The number of carbonyl (C=O) groups excluding carboxylic acids is 1. The zero-order valence-corrected chi connectivity index (χ0v) is 12.7. The lowest BCUT2D eigenvalue weighted by Gasteiger charge is -2.25. The molecule has 0 aliphatic carbocycles. The Bertz CT molecular complexity index is 536. The quantitative estimate of drug-likeness (QED) is 0.829. The van der Waals surface area contributed by atoms with E-state index in [-0.39, 0.29) is 18.1 Å². The first kappa shape index (κ1) is 16.3. The van der Waals surface area contributed by atoms with Crippen LogP contribution in [0.1, 0.15) is 55.1 Å². The van der Waals surface area contributed by atoms with Crippen molar-refractivity contribution in [1.29, 1.82) is 0 Å². The van der Waals surface area contributed by atoms with Gasteiger partial charge in [0.25, 0.3) is 5.91 Å². The molecule has 0 aromatic heterocycles. The fourth-order valence-corrected chi connectivity index (χ4v) is 1.63. The molecule has 0 radical (unpaired) electrons. The van der Waals surface area contributed by atoms with Gasteiger partial charge in [-0.3, -0.25) is 4.79 Å². The Balaban J connectivity index is 2.97. The first-order valence-corrected chi connectivity index (χ1v) is 6.92. The van der Waals surface area contributed by atoms with Crippen LogP contribution >= 0.6 is 0 Å². The first-order valence-electron chi connectivity index (χ1n) is 6.92. The summed E-state index contributed by atoms with van der Waals surface area (Å²) >= 11 is 0. The molecule has 0 heterocycles. The lowest BCUT2D eigenvalue weighted by atomic mass is 9.99. The fourth-order valence-electron chi connectivity index (χ4n) is 1.63. The summed E-state index contributed by atoms with van der Waals surface area (Å²) in [6.45, 7) is 8.02. The van der Waals surface area contributed by atoms with Gasteiger partial charge in [0.15, 0.2) is 0 Å². The molecule has 3 heteroatoms. The van der Waals surface area contributed by atoms with E-state index >= 15 is 0 Å². The SMILES string of the molecule is CCC(C)(C)NC(=O)c1cc(C#CCCO)ccc1C. The van der Waals surface area contributed by atoms with Crippen molar-refractivity contribution < 1.29 is 9.90 Å². The lowest BCUT2D eigenvalue weighted by molar-refractivity contribution is 0.0910. The van der Waals surface area contributed by atoms with Gasteiger partial charge in [-0.05, 0) is 44.9 Å². The molecule has 0 atom stereocenters. The molecule has 1 rings (SSSR count). The zero-order chi connectivity index (χ0) is 15.2. The van der Waals surface area contributed by atoms with Crippen LogP contribution in [0.15, 0.2) is 18.2 Å². The van der Waals surface area contributed by atoms with Crippen LogP contribution in [0.4, 0.5) is 0 Å². The maximum absolute atomic E-state index is 12.3. The molecule has 0 aliphatic rings. The van der Waals surface area contributed by atoms with E-state index < -0.39 is 0 Å². The number of hydrogen-bond donors (Lipinski definition) is 2. The van der Waals surface area contributed by atoms with E-state index in [0.717, 1.165) is 17.5 Å². The average molecular weight is 273 g/mol. The molecule has 2 N–H and O–H groups in total. The van der Waals surface area contributed by atoms with Crippen LogP contribution in [-0.2, 0) is 0 Å². The Morgan fingerprint density at radius 1 is 1.40 bits per heavy atom. The van der Waals surface area contributed by atoms with Gasteiger partial charge in [-0.25, -0.2) is 0 Å². The van der Waals surface area contributed by atoms with Crippen molar-refractivity contribution in [1.82, 2.24) is 5.32 Å². The molecule has 0 spiro atoms. The number of rotatable bonds is 4. The number of amides is 1. The zero-order valence-electron chi connectivity index (χ0n) is 12.7. The van der Waals surface area contributed by atoms with E-state index in [2.05, 4.69) is 17.2 Å². The number of nitrogens with one attached hydrogen (secondary N) is 1. The van der Waals surface area contributed by atoms with Gasteiger partial charge >= 0.3 is 0 Å². The highest BCUT2D eigenvalue weighted by Gasteiger charge is 2.19. The predicted molar refractivity (Wildman–Crippen MR) is 81.6 cm³/mol. The molecular weight excluding hydrogens is 250 g/mol. The van der Waals surface area contributed by atoms with Gasteiger partial charge in [0.2, 0.25) is 0 Å². The standard InChI is InChI=1S/C17H23NO2/c1-5-17(3,4)18-16(20)15-12-14(8-6-7-11-19)10-9-13(15)2/h9-10,12,19H,5,7,11H2,1-4H3,(H,18,20). The third-order valence-corrected chi connectivity index (χ3v) is 3.29. The summed E-state index contributed by atoms with van der Waals surface area (Å²) in [5, 5.41) is 11.7. The topological polar surface area (TPSA) is 49.3 Å². The average Bonchev–Trinajstić information content (AvgIpc) is 2.40. The van der Waals surface area contributed by atoms with Gasteiger partial charge in [0.05, 0.1) is 6.61 Å². The second-order valence-electron chi connectivity index (χ2n) is 5.50. The second-order valence-corrected chi connectivity index (χ2v) is 5.50. The van der Waals surface area contributed by atoms with Crippen LogP contribution in [0, 0.1) is 18.8 Å². The molecular formula is C17H23NO2. The summed E-state index contributed by atoms with van der Waals surface area (Å²) in [4.78, 5) is 12.3. The number of aliphatic hydroxyl groups is 1. The third-order valence-electron chi connectivity index (χ3n) is 3.29. The lowest BCUT2D eigenvalue weighted by Crippen LogP contribution is -2.43. The first-order chi connectivity index (χ1) is 9.39. The normalized spacial score (nSPS) is 10.7. The van der Waals surface area contributed by atoms with Crippen LogP contribution in [0.5, 0.6) is 0 Å². The van der Waals surface area contributed by atoms with Gasteiger partial charge in [0.1, 0.15) is 0 Å². The largest absolute Gasteiger partial charge is 0.395 e. The molecule has 0 unspecified atom stereocenters. The Morgan fingerprint density at radius 2 is 2.10 bits per heavy atom. The van der Waals surface area contributed by atoms with E-state index in [4.69, 9.17) is 5.11 Å². The third kappa shape index (κ3) is 4.71. The number of aryl methyl sites for hydroxylation is 1. The number of carbonyl (C=O) groups is 1. The summed E-state index contributed by atoms with van der Waals surface area (Å²) in [5.41, 5.74) is 2.16. The van der Waals surface area contributed by atoms with Gasteiger partial charge in [-0.2, -0.15) is 0 Å². The summed E-state index contributed by atoms with van der Waals surface area (Å²) in [5.74, 6) is 5.75. The fraction of sp³-hybridized carbons (Fsp3) is 0.471. The Morgan fingerprint density at radius 3 is 2.70 bits per heavy atom. The minimum absolute atomic E-state index is 0.0525. The van der Waals surface area contributed by atoms with Crippen molar-refractivity contribution in [2.75, 3.05) is 6.61 Å². The van der Waals surface area contributed by atoms with E-state index in [1.807, 2.05) is 39.8 Å². The maximum atomic E-state index is 12.3. The number of aliphatic hydroxyl groups excluding tert-OH is 1. The van der Waals surface area contributed by atoms with Crippen molar-refractivity contribution in [3.8, 4) is 11.8 Å². The van der Waals surface area contributed by atoms with E-state index in [1.54, 1.807) is 6.07 Å². The molecule has 1 amide bonds. The monoisotopic (exact) mass is 273 g/mol. The molecule has 0 aliphatic heterocycles. The van der Waals surface area contributed by atoms with Crippen LogP contribution in [0.3, 0.4) is 0 Å². The summed E-state index contributed by atoms with van der Waals surface area (Å²) < 4.78 is 0. The van der Waals surface area contributed by atoms with Crippen molar-refractivity contribution in [2.24, 2.45) is 0 Å². The maximum Gasteiger partial charge on any atom is 0.252 e. The highest BCUT2D eigenvalue weighted by molar-refractivity contribution is 5.96. The number of hydrogen-bond acceptors (Lipinski definition) is 2. The van der Waals surface area contributed by atoms with Crippen LogP contribution in [0.2, 0.25) is 0 Å². The molecule has 1 aromatic carbocycles. The summed E-state index contributed by atoms with van der Waals surface area (Å²) in [6, 6.07) is 5.60. The molecule has 0 saturated heterocycles. The van der Waals surface area contributed by atoms with Crippen LogP contribution in [0.25, 0.3) is 0 Å².